The summed E-state index contributed by atoms with van der Waals surface area (Å²) in [6, 6.07) is 12.9. The molecule has 1 aromatic heterocycles. The van der Waals surface area contributed by atoms with Crippen LogP contribution in [0.25, 0.3) is 0 Å². The van der Waals surface area contributed by atoms with E-state index in [1.165, 1.54) is 0 Å². The topological polar surface area (TPSA) is 33.2 Å². The fourth-order valence-electron chi connectivity index (χ4n) is 1.69. The lowest BCUT2D eigenvalue weighted by molar-refractivity contribution is -0.116. The predicted molar refractivity (Wildman–Crippen MR) is 77.6 cm³/mol. The van der Waals surface area contributed by atoms with Gasteiger partial charge in [-0.2, -0.15) is 0 Å². The van der Waals surface area contributed by atoms with Crippen LogP contribution in [0.4, 0.5) is 5.69 Å². The van der Waals surface area contributed by atoms with E-state index in [1.54, 1.807) is 17.2 Å². The molecule has 0 bridgehead atoms. The summed E-state index contributed by atoms with van der Waals surface area (Å²) >= 11 is 11.4. The van der Waals surface area contributed by atoms with E-state index in [2.05, 4.69) is 4.98 Å². The molecule has 1 amide bonds. The molecule has 3 nitrogen and oxygen atoms in total. The van der Waals surface area contributed by atoms with E-state index in [1.807, 2.05) is 36.4 Å². The lowest BCUT2D eigenvalue weighted by Crippen LogP contribution is -2.31. The molecule has 0 aliphatic carbocycles. The number of para-hydroxylation sites is 1. The summed E-state index contributed by atoms with van der Waals surface area (Å²) in [5.74, 6) is -0.210. The van der Waals surface area contributed by atoms with Crippen LogP contribution in [0.1, 0.15) is 5.56 Å². The first kappa shape index (κ1) is 13.8. The first-order valence-electron chi connectivity index (χ1n) is 5.72. The standard InChI is InChI=1S/C14H12Cl2N2O/c15-8-14(19)18(12-4-2-1-3-5-12)10-11-6-7-13(16)17-9-11/h1-7,9H,8,10H2. The van der Waals surface area contributed by atoms with Crippen LogP contribution in [0.15, 0.2) is 48.7 Å². The molecular weight excluding hydrogens is 283 g/mol. The molecule has 5 heteroatoms. The number of amides is 1. The van der Waals surface area contributed by atoms with Crippen molar-refractivity contribution >= 4 is 34.8 Å². The Balaban J connectivity index is 2.24. The summed E-state index contributed by atoms with van der Waals surface area (Å²) in [5.41, 5.74) is 1.70. The fourth-order valence-corrected chi connectivity index (χ4v) is 1.94. The van der Waals surface area contributed by atoms with Crippen LogP contribution in [0, 0.1) is 0 Å². The fraction of sp³-hybridized carbons (Fsp3) is 0.143. The molecule has 1 heterocycles. The summed E-state index contributed by atoms with van der Waals surface area (Å²) in [6.45, 7) is 0.416. The van der Waals surface area contributed by atoms with Gasteiger partial charge in [0.2, 0.25) is 5.91 Å². The number of anilines is 1. The van der Waals surface area contributed by atoms with Gasteiger partial charge < -0.3 is 4.90 Å². The number of aromatic nitrogens is 1. The normalized spacial score (nSPS) is 10.2. The Bertz CT molecular complexity index is 543. The van der Waals surface area contributed by atoms with Crippen molar-refractivity contribution in [1.82, 2.24) is 4.98 Å². The molecule has 0 atom stereocenters. The molecule has 0 spiro atoms. The van der Waals surface area contributed by atoms with E-state index in [4.69, 9.17) is 23.2 Å². The Morgan fingerprint density at radius 1 is 1.16 bits per heavy atom. The monoisotopic (exact) mass is 294 g/mol. The van der Waals surface area contributed by atoms with Crippen molar-refractivity contribution in [2.24, 2.45) is 0 Å². The summed E-state index contributed by atoms with van der Waals surface area (Å²) in [7, 11) is 0. The number of alkyl halides is 1. The van der Waals surface area contributed by atoms with Crippen molar-refractivity contribution in [1.29, 1.82) is 0 Å². The number of hydrogen-bond donors (Lipinski definition) is 0. The first-order chi connectivity index (χ1) is 9.20. The van der Waals surface area contributed by atoms with Crippen molar-refractivity contribution in [3.8, 4) is 0 Å². The Kier molecular flexibility index (Phi) is 4.77. The van der Waals surface area contributed by atoms with E-state index >= 15 is 0 Å². The lowest BCUT2D eigenvalue weighted by atomic mass is 10.2. The highest BCUT2D eigenvalue weighted by molar-refractivity contribution is 6.29. The number of hydrogen-bond acceptors (Lipinski definition) is 2. The quantitative estimate of drug-likeness (QED) is 0.639. The molecule has 0 saturated heterocycles. The van der Waals surface area contributed by atoms with Crippen LogP contribution in [-0.2, 0) is 11.3 Å². The molecule has 0 unspecified atom stereocenters. The number of rotatable bonds is 4. The maximum atomic E-state index is 11.9. The number of pyridine rings is 1. The molecule has 0 aliphatic heterocycles. The Hall–Kier alpha value is -1.58. The van der Waals surface area contributed by atoms with E-state index in [0.717, 1.165) is 11.3 Å². The Morgan fingerprint density at radius 2 is 1.89 bits per heavy atom. The van der Waals surface area contributed by atoms with E-state index in [0.29, 0.717) is 11.7 Å². The number of halogens is 2. The van der Waals surface area contributed by atoms with Crippen molar-refractivity contribution in [2.75, 3.05) is 10.8 Å². The van der Waals surface area contributed by atoms with Gasteiger partial charge in [-0.1, -0.05) is 35.9 Å². The van der Waals surface area contributed by atoms with Gasteiger partial charge in [-0.15, -0.1) is 11.6 Å². The van der Waals surface area contributed by atoms with Gasteiger partial charge in [0.1, 0.15) is 11.0 Å². The van der Waals surface area contributed by atoms with Gasteiger partial charge in [-0.3, -0.25) is 4.79 Å². The SMILES string of the molecule is O=C(CCl)N(Cc1ccc(Cl)nc1)c1ccccc1. The van der Waals surface area contributed by atoms with Crippen LogP contribution >= 0.6 is 23.2 Å². The molecule has 0 N–H and O–H groups in total. The van der Waals surface area contributed by atoms with Crippen LogP contribution in [0.5, 0.6) is 0 Å². The van der Waals surface area contributed by atoms with Crippen molar-refractivity contribution in [3.63, 3.8) is 0 Å². The maximum absolute atomic E-state index is 11.9. The zero-order chi connectivity index (χ0) is 13.7. The van der Waals surface area contributed by atoms with Crippen molar-refractivity contribution < 1.29 is 4.79 Å². The number of carbonyl (C=O) groups is 1. The first-order valence-corrected chi connectivity index (χ1v) is 6.64. The van der Waals surface area contributed by atoms with Gasteiger partial charge in [-0.25, -0.2) is 4.98 Å². The van der Waals surface area contributed by atoms with Crippen molar-refractivity contribution in [2.45, 2.75) is 6.54 Å². The van der Waals surface area contributed by atoms with Crippen LogP contribution in [-0.4, -0.2) is 16.8 Å². The minimum atomic E-state index is -0.150. The van der Waals surface area contributed by atoms with Crippen LogP contribution < -0.4 is 4.90 Å². The van der Waals surface area contributed by atoms with Crippen LogP contribution in [0.2, 0.25) is 5.15 Å². The molecular formula is C14H12Cl2N2O. The summed E-state index contributed by atoms with van der Waals surface area (Å²) in [5, 5.41) is 0.429. The molecule has 19 heavy (non-hydrogen) atoms. The highest BCUT2D eigenvalue weighted by atomic mass is 35.5. The van der Waals surface area contributed by atoms with Gasteiger partial charge in [0.25, 0.3) is 0 Å². The molecule has 0 radical (unpaired) electrons. The van der Waals surface area contributed by atoms with E-state index in [-0.39, 0.29) is 11.8 Å². The Morgan fingerprint density at radius 3 is 2.47 bits per heavy atom. The average Bonchev–Trinajstić information content (AvgIpc) is 2.47. The van der Waals surface area contributed by atoms with Crippen LogP contribution in [0.3, 0.4) is 0 Å². The maximum Gasteiger partial charge on any atom is 0.242 e. The van der Waals surface area contributed by atoms with Crippen molar-refractivity contribution in [3.05, 3.63) is 59.4 Å². The number of carbonyl (C=O) groups excluding carboxylic acids is 1. The molecule has 0 fully saturated rings. The third-order valence-corrected chi connectivity index (χ3v) is 3.06. The molecule has 98 valence electrons. The molecule has 2 aromatic rings. The third kappa shape index (κ3) is 3.69. The molecule has 0 saturated carbocycles. The molecule has 0 aliphatic rings. The summed E-state index contributed by atoms with van der Waals surface area (Å²) in [6.07, 6.45) is 1.65. The zero-order valence-electron chi connectivity index (χ0n) is 10.1. The minimum absolute atomic E-state index is 0.0596. The highest BCUT2D eigenvalue weighted by Gasteiger charge is 2.15. The molecule has 1 aromatic carbocycles. The van der Waals surface area contributed by atoms with Gasteiger partial charge in [0, 0.05) is 11.9 Å². The number of nitrogens with zero attached hydrogens (tertiary/aromatic N) is 2. The second-order valence-corrected chi connectivity index (χ2v) is 4.59. The predicted octanol–water partition coefficient (Wildman–Crippen LogP) is 3.51. The van der Waals surface area contributed by atoms with E-state index < -0.39 is 0 Å². The van der Waals surface area contributed by atoms with E-state index in [9.17, 15) is 4.79 Å². The smallest absolute Gasteiger partial charge is 0.242 e. The zero-order valence-corrected chi connectivity index (χ0v) is 11.6. The van der Waals surface area contributed by atoms with Gasteiger partial charge in [-0.05, 0) is 23.8 Å². The average molecular weight is 295 g/mol. The van der Waals surface area contributed by atoms with Gasteiger partial charge >= 0.3 is 0 Å². The Labute approximate surface area is 121 Å². The highest BCUT2D eigenvalue weighted by Crippen LogP contribution is 2.17. The van der Waals surface area contributed by atoms with Gasteiger partial charge in [0.15, 0.2) is 0 Å². The second kappa shape index (κ2) is 6.55. The minimum Gasteiger partial charge on any atom is -0.307 e. The lowest BCUT2D eigenvalue weighted by Gasteiger charge is -2.21. The third-order valence-electron chi connectivity index (χ3n) is 2.61. The molecule has 2 rings (SSSR count). The number of benzene rings is 1. The second-order valence-electron chi connectivity index (χ2n) is 3.94. The summed E-state index contributed by atoms with van der Waals surface area (Å²) < 4.78 is 0. The summed E-state index contributed by atoms with van der Waals surface area (Å²) in [4.78, 5) is 17.6. The largest absolute Gasteiger partial charge is 0.307 e. The van der Waals surface area contributed by atoms with Gasteiger partial charge in [0.05, 0.1) is 6.54 Å².